The fourth-order valence-electron chi connectivity index (χ4n) is 2.55. The van der Waals surface area contributed by atoms with Gasteiger partial charge in [-0.3, -0.25) is 4.79 Å². The first-order valence-electron chi connectivity index (χ1n) is 7.15. The third-order valence-electron chi connectivity index (χ3n) is 3.64. The number of carbonyl (C=O) groups is 1. The maximum absolute atomic E-state index is 12.7. The van der Waals surface area contributed by atoms with Gasteiger partial charge in [0, 0.05) is 23.1 Å². The number of aromatic amines is 1. The number of aromatic nitrogens is 1. The van der Waals surface area contributed by atoms with Crippen LogP contribution in [0, 0.1) is 6.92 Å². The smallest absolute Gasteiger partial charge is 0.274 e. The fraction of sp³-hybridized carbons (Fsp3) is 0.167. The molecule has 3 nitrogen and oxygen atoms in total. The molecule has 0 unspecified atom stereocenters. The predicted molar refractivity (Wildman–Crippen MR) is 86.8 cm³/mol. The molecule has 3 aromatic rings. The number of carbonyl (C=O) groups excluding carboxylic acids is 1. The molecule has 1 amide bonds. The Morgan fingerprint density at radius 2 is 1.86 bits per heavy atom. The Labute approximate surface area is 124 Å². The number of rotatable bonds is 3. The number of anilines is 1. The van der Waals surface area contributed by atoms with Crippen molar-refractivity contribution in [1.29, 1.82) is 0 Å². The summed E-state index contributed by atoms with van der Waals surface area (Å²) < 4.78 is 0. The Balaban J connectivity index is 1.98. The number of hydrogen-bond donors (Lipinski definition) is 1. The van der Waals surface area contributed by atoms with Gasteiger partial charge in [-0.1, -0.05) is 30.3 Å². The average Bonchev–Trinajstić information content (AvgIpc) is 2.92. The molecule has 0 fully saturated rings. The van der Waals surface area contributed by atoms with Crippen molar-refractivity contribution >= 4 is 22.5 Å². The van der Waals surface area contributed by atoms with E-state index < -0.39 is 0 Å². The summed E-state index contributed by atoms with van der Waals surface area (Å²) in [6, 6.07) is 17.8. The Kier molecular flexibility index (Phi) is 3.48. The van der Waals surface area contributed by atoms with Gasteiger partial charge < -0.3 is 9.88 Å². The fourth-order valence-corrected chi connectivity index (χ4v) is 2.55. The van der Waals surface area contributed by atoms with Crippen molar-refractivity contribution in [2.75, 3.05) is 11.4 Å². The molecule has 0 saturated carbocycles. The number of nitrogens with zero attached hydrogens (tertiary/aromatic N) is 1. The lowest BCUT2D eigenvalue weighted by molar-refractivity contribution is 0.0984. The number of aryl methyl sites for hydroxylation is 1. The van der Waals surface area contributed by atoms with Gasteiger partial charge in [-0.2, -0.15) is 0 Å². The first-order chi connectivity index (χ1) is 10.2. The first-order valence-corrected chi connectivity index (χ1v) is 7.15. The zero-order valence-corrected chi connectivity index (χ0v) is 12.3. The zero-order chi connectivity index (χ0) is 14.8. The van der Waals surface area contributed by atoms with Gasteiger partial charge in [0.25, 0.3) is 5.91 Å². The molecular formula is C18H18N2O. The van der Waals surface area contributed by atoms with Crippen LogP contribution in [0.5, 0.6) is 0 Å². The van der Waals surface area contributed by atoms with Crippen molar-refractivity contribution in [2.24, 2.45) is 0 Å². The Morgan fingerprint density at radius 1 is 1.10 bits per heavy atom. The lowest BCUT2D eigenvalue weighted by Crippen LogP contribution is -2.30. The Morgan fingerprint density at radius 3 is 2.57 bits per heavy atom. The van der Waals surface area contributed by atoms with Gasteiger partial charge in [0.2, 0.25) is 0 Å². The quantitative estimate of drug-likeness (QED) is 0.768. The first kappa shape index (κ1) is 13.4. The summed E-state index contributed by atoms with van der Waals surface area (Å²) in [7, 11) is 0. The molecule has 21 heavy (non-hydrogen) atoms. The van der Waals surface area contributed by atoms with Crippen LogP contribution in [0.3, 0.4) is 0 Å². The summed E-state index contributed by atoms with van der Waals surface area (Å²) in [6.45, 7) is 4.67. The number of para-hydroxylation sites is 1. The zero-order valence-electron chi connectivity index (χ0n) is 12.3. The van der Waals surface area contributed by atoms with E-state index in [9.17, 15) is 4.79 Å². The molecule has 0 atom stereocenters. The highest BCUT2D eigenvalue weighted by Gasteiger charge is 2.17. The molecule has 0 bridgehead atoms. The van der Waals surface area contributed by atoms with Gasteiger partial charge >= 0.3 is 0 Å². The summed E-state index contributed by atoms with van der Waals surface area (Å²) in [5, 5.41) is 1.06. The van der Waals surface area contributed by atoms with E-state index in [0.717, 1.165) is 16.6 Å². The largest absolute Gasteiger partial charge is 0.351 e. The number of hydrogen-bond acceptors (Lipinski definition) is 1. The second kappa shape index (κ2) is 5.44. The highest BCUT2D eigenvalue weighted by atomic mass is 16.2. The normalized spacial score (nSPS) is 10.8. The van der Waals surface area contributed by atoms with E-state index >= 15 is 0 Å². The Hall–Kier alpha value is -2.55. The minimum absolute atomic E-state index is 0.00227. The van der Waals surface area contributed by atoms with Crippen LogP contribution in [-0.4, -0.2) is 17.4 Å². The van der Waals surface area contributed by atoms with E-state index in [0.29, 0.717) is 12.2 Å². The number of fused-ring (bicyclic) bond motifs is 1. The molecule has 3 rings (SSSR count). The lowest BCUT2D eigenvalue weighted by atomic mass is 10.2. The minimum atomic E-state index is -0.00227. The molecule has 0 aliphatic carbocycles. The van der Waals surface area contributed by atoms with Crippen molar-refractivity contribution in [2.45, 2.75) is 13.8 Å². The molecule has 0 aliphatic rings. The molecule has 106 valence electrons. The van der Waals surface area contributed by atoms with Crippen molar-refractivity contribution in [3.63, 3.8) is 0 Å². The topological polar surface area (TPSA) is 36.1 Å². The van der Waals surface area contributed by atoms with Crippen molar-refractivity contribution in [3.8, 4) is 0 Å². The standard InChI is InChI=1S/C18H18N2O/c1-3-20(15-7-5-4-6-8-15)18(21)17-12-14-10-9-13(2)11-16(14)19-17/h4-12,19H,3H2,1-2H3. The maximum atomic E-state index is 12.7. The summed E-state index contributed by atoms with van der Waals surface area (Å²) in [6.07, 6.45) is 0. The van der Waals surface area contributed by atoms with E-state index in [1.165, 1.54) is 5.56 Å². The van der Waals surface area contributed by atoms with Gasteiger partial charge in [0.15, 0.2) is 0 Å². The third kappa shape index (κ3) is 2.55. The minimum Gasteiger partial charge on any atom is -0.351 e. The highest BCUT2D eigenvalue weighted by molar-refractivity contribution is 6.07. The number of H-pyrrole nitrogens is 1. The van der Waals surface area contributed by atoms with Crippen LogP contribution in [0.25, 0.3) is 10.9 Å². The molecule has 0 saturated heterocycles. The van der Waals surface area contributed by atoms with Gasteiger partial charge in [0.05, 0.1) is 0 Å². The second-order valence-electron chi connectivity index (χ2n) is 5.16. The lowest BCUT2D eigenvalue weighted by Gasteiger charge is -2.20. The summed E-state index contributed by atoms with van der Waals surface area (Å²) in [5.74, 6) is -0.00227. The van der Waals surface area contributed by atoms with Crippen molar-refractivity contribution in [1.82, 2.24) is 4.98 Å². The molecule has 1 heterocycles. The van der Waals surface area contributed by atoms with Crippen LogP contribution in [0.1, 0.15) is 23.0 Å². The van der Waals surface area contributed by atoms with Gasteiger partial charge in [-0.15, -0.1) is 0 Å². The molecule has 2 aromatic carbocycles. The highest BCUT2D eigenvalue weighted by Crippen LogP contribution is 2.20. The second-order valence-corrected chi connectivity index (χ2v) is 5.16. The van der Waals surface area contributed by atoms with Gasteiger partial charge in [-0.05, 0) is 43.7 Å². The molecule has 0 radical (unpaired) electrons. The summed E-state index contributed by atoms with van der Waals surface area (Å²) >= 11 is 0. The van der Waals surface area contributed by atoms with E-state index in [1.54, 1.807) is 4.90 Å². The van der Waals surface area contributed by atoms with Crippen molar-refractivity contribution in [3.05, 3.63) is 65.9 Å². The average molecular weight is 278 g/mol. The molecule has 1 aromatic heterocycles. The van der Waals surface area contributed by atoms with E-state index in [-0.39, 0.29) is 5.91 Å². The van der Waals surface area contributed by atoms with Crippen LogP contribution in [0.4, 0.5) is 5.69 Å². The molecule has 1 N–H and O–H groups in total. The maximum Gasteiger partial charge on any atom is 0.274 e. The monoisotopic (exact) mass is 278 g/mol. The van der Waals surface area contributed by atoms with Crippen LogP contribution >= 0.6 is 0 Å². The van der Waals surface area contributed by atoms with Crippen LogP contribution in [0.2, 0.25) is 0 Å². The Bertz CT molecular complexity index is 774. The molecular weight excluding hydrogens is 260 g/mol. The molecule has 0 aliphatic heterocycles. The van der Waals surface area contributed by atoms with Gasteiger partial charge in [-0.25, -0.2) is 0 Å². The summed E-state index contributed by atoms with van der Waals surface area (Å²) in [4.78, 5) is 17.7. The van der Waals surface area contributed by atoms with Crippen molar-refractivity contribution < 1.29 is 4.79 Å². The third-order valence-corrected chi connectivity index (χ3v) is 3.64. The summed E-state index contributed by atoms with van der Waals surface area (Å²) in [5.41, 5.74) is 3.72. The van der Waals surface area contributed by atoms with Crippen LogP contribution < -0.4 is 4.90 Å². The van der Waals surface area contributed by atoms with E-state index in [2.05, 4.69) is 17.1 Å². The predicted octanol–water partition coefficient (Wildman–Crippen LogP) is 4.14. The number of nitrogens with one attached hydrogen (secondary N) is 1. The number of amides is 1. The molecule has 3 heteroatoms. The molecule has 0 spiro atoms. The van der Waals surface area contributed by atoms with E-state index in [4.69, 9.17) is 0 Å². The van der Waals surface area contributed by atoms with E-state index in [1.807, 2.05) is 56.3 Å². The number of benzene rings is 2. The van der Waals surface area contributed by atoms with Crippen LogP contribution in [-0.2, 0) is 0 Å². The SMILES string of the molecule is CCN(C(=O)c1cc2ccc(C)cc2[nH]1)c1ccccc1. The van der Waals surface area contributed by atoms with Gasteiger partial charge in [0.1, 0.15) is 5.69 Å². The van der Waals surface area contributed by atoms with Crippen LogP contribution in [0.15, 0.2) is 54.6 Å².